The molecule has 1 saturated carbocycles. The molecule has 0 radical (unpaired) electrons. The molecule has 1 aliphatic heterocycles. The number of nitrogens with one attached hydrogen (secondary N) is 1. The second-order valence-corrected chi connectivity index (χ2v) is 7.52. The van der Waals surface area contributed by atoms with E-state index in [1.165, 1.54) is 0 Å². The zero-order valence-electron chi connectivity index (χ0n) is 14.7. The molecule has 0 bridgehead atoms. The Morgan fingerprint density at radius 2 is 1.92 bits per heavy atom. The van der Waals surface area contributed by atoms with Gasteiger partial charge >= 0.3 is 0 Å². The molecule has 0 unspecified atom stereocenters. The van der Waals surface area contributed by atoms with Crippen molar-refractivity contribution in [1.29, 1.82) is 0 Å². The third-order valence-corrected chi connectivity index (χ3v) is 5.61. The van der Waals surface area contributed by atoms with E-state index in [1.54, 1.807) is 6.26 Å². The number of carbonyl (C=O) groups excluding carboxylic acids is 1. The average Bonchev–Trinajstić information content (AvgIpc) is 3.08. The van der Waals surface area contributed by atoms with Crippen molar-refractivity contribution in [3.8, 4) is 0 Å². The Morgan fingerprint density at radius 3 is 2.58 bits per heavy atom. The SMILES string of the molecule is O=C(NC1(c2ccc(Cl)cc2)CCC1)c1coc(CN2CCOCC2)c1. The van der Waals surface area contributed by atoms with E-state index in [9.17, 15) is 4.79 Å². The molecule has 5 nitrogen and oxygen atoms in total. The number of morpholine rings is 1. The highest BCUT2D eigenvalue weighted by Gasteiger charge is 2.40. The molecule has 1 amide bonds. The number of amides is 1. The van der Waals surface area contributed by atoms with Gasteiger partial charge in [-0.3, -0.25) is 9.69 Å². The minimum atomic E-state index is -0.288. The summed E-state index contributed by atoms with van der Waals surface area (Å²) in [5, 5.41) is 3.93. The van der Waals surface area contributed by atoms with Crippen LogP contribution in [0.1, 0.15) is 40.9 Å². The lowest BCUT2D eigenvalue weighted by Gasteiger charge is -2.43. The molecule has 1 aromatic carbocycles. The quantitative estimate of drug-likeness (QED) is 0.869. The lowest BCUT2D eigenvalue weighted by atomic mass is 9.71. The fraction of sp³-hybridized carbons (Fsp3) is 0.450. The van der Waals surface area contributed by atoms with Crippen LogP contribution in [0.5, 0.6) is 0 Å². The summed E-state index contributed by atoms with van der Waals surface area (Å²) in [6.07, 6.45) is 4.55. The molecule has 26 heavy (non-hydrogen) atoms. The molecule has 1 N–H and O–H groups in total. The molecule has 1 saturated heterocycles. The normalized spacial score (nSPS) is 19.7. The van der Waals surface area contributed by atoms with Crippen molar-refractivity contribution in [2.24, 2.45) is 0 Å². The second kappa shape index (κ2) is 7.43. The number of ether oxygens (including phenoxy) is 1. The number of hydrogen-bond donors (Lipinski definition) is 1. The molecule has 6 heteroatoms. The number of benzene rings is 1. The van der Waals surface area contributed by atoms with Crippen LogP contribution in [0, 0.1) is 0 Å². The fourth-order valence-electron chi connectivity index (χ4n) is 3.64. The number of carbonyl (C=O) groups is 1. The molecule has 0 spiro atoms. The highest BCUT2D eigenvalue weighted by Crippen LogP contribution is 2.41. The summed E-state index contributed by atoms with van der Waals surface area (Å²) < 4.78 is 11.0. The maximum Gasteiger partial charge on any atom is 0.255 e. The van der Waals surface area contributed by atoms with Crippen LogP contribution in [0.3, 0.4) is 0 Å². The zero-order valence-corrected chi connectivity index (χ0v) is 15.4. The van der Waals surface area contributed by atoms with E-state index in [1.807, 2.05) is 30.3 Å². The van der Waals surface area contributed by atoms with Crippen LogP contribution in [0.15, 0.2) is 41.0 Å². The predicted octanol–water partition coefficient (Wildman–Crippen LogP) is 3.57. The largest absolute Gasteiger partial charge is 0.467 e. The molecule has 2 fully saturated rings. The van der Waals surface area contributed by atoms with Crippen LogP contribution in [0.2, 0.25) is 5.02 Å². The number of furan rings is 1. The Morgan fingerprint density at radius 1 is 1.19 bits per heavy atom. The minimum absolute atomic E-state index is 0.0865. The standard InChI is InChI=1S/C20H23ClN2O3/c21-17-4-2-16(3-5-17)20(6-1-7-20)22-19(24)15-12-18(26-14-15)13-23-8-10-25-11-9-23/h2-5,12,14H,1,6-11,13H2,(H,22,24). The monoisotopic (exact) mass is 374 g/mol. The molecular formula is C20H23ClN2O3. The lowest BCUT2D eigenvalue weighted by molar-refractivity contribution is 0.0313. The second-order valence-electron chi connectivity index (χ2n) is 7.09. The summed E-state index contributed by atoms with van der Waals surface area (Å²) in [5.41, 5.74) is 1.40. The van der Waals surface area contributed by atoms with Crippen LogP contribution in [0.4, 0.5) is 0 Å². The van der Waals surface area contributed by atoms with Crippen molar-refractivity contribution < 1.29 is 13.9 Å². The topological polar surface area (TPSA) is 54.7 Å². The van der Waals surface area contributed by atoms with Gasteiger partial charge in [0.05, 0.1) is 30.9 Å². The molecule has 2 aromatic rings. The smallest absolute Gasteiger partial charge is 0.255 e. The Hall–Kier alpha value is -1.82. The van der Waals surface area contributed by atoms with Crippen molar-refractivity contribution in [2.45, 2.75) is 31.3 Å². The maximum absolute atomic E-state index is 12.8. The van der Waals surface area contributed by atoms with Crippen LogP contribution in [-0.4, -0.2) is 37.1 Å². The third kappa shape index (κ3) is 3.65. The Kier molecular flexibility index (Phi) is 5.02. The minimum Gasteiger partial charge on any atom is -0.467 e. The summed E-state index contributed by atoms with van der Waals surface area (Å²) in [7, 11) is 0. The first-order valence-electron chi connectivity index (χ1n) is 9.11. The maximum atomic E-state index is 12.8. The Bertz CT molecular complexity index is 762. The van der Waals surface area contributed by atoms with Gasteiger partial charge in [-0.25, -0.2) is 0 Å². The van der Waals surface area contributed by atoms with Crippen molar-refractivity contribution >= 4 is 17.5 Å². The summed E-state index contributed by atoms with van der Waals surface area (Å²) in [5.74, 6) is 0.725. The summed E-state index contributed by atoms with van der Waals surface area (Å²) in [6, 6.07) is 9.60. The lowest BCUT2D eigenvalue weighted by Crippen LogP contribution is -2.50. The first-order chi connectivity index (χ1) is 12.6. The molecule has 2 heterocycles. The number of rotatable bonds is 5. The van der Waals surface area contributed by atoms with Crippen molar-refractivity contribution in [3.05, 3.63) is 58.5 Å². The number of hydrogen-bond acceptors (Lipinski definition) is 4. The Balaban J connectivity index is 1.43. The van der Waals surface area contributed by atoms with Gasteiger partial charge in [0.15, 0.2) is 0 Å². The number of halogens is 1. The molecular weight excluding hydrogens is 352 g/mol. The van der Waals surface area contributed by atoms with Crippen molar-refractivity contribution in [2.75, 3.05) is 26.3 Å². The summed E-state index contributed by atoms with van der Waals surface area (Å²) >= 11 is 6.00. The average molecular weight is 375 g/mol. The van der Waals surface area contributed by atoms with Gasteiger partial charge in [0.1, 0.15) is 12.0 Å². The fourth-order valence-corrected chi connectivity index (χ4v) is 3.76. The molecule has 1 aromatic heterocycles. The van der Waals surface area contributed by atoms with Crippen LogP contribution < -0.4 is 5.32 Å². The highest BCUT2D eigenvalue weighted by molar-refractivity contribution is 6.30. The predicted molar refractivity (Wildman–Crippen MR) is 99.3 cm³/mol. The molecule has 4 rings (SSSR count). The van der Waals surface area contributed by atoms with E-state index in [0.29, 0.717) is 17.1 Å². The zero-order chi connectivity index (χ0) is 18.0. The van der Waals surface area contributed by atoms with Gasteiger partial charge in [-0.2, -0.15) is 0 Å². The molecule has 138 valence electrons. The van der Waals surface area contributed by atoms with Crippen LogP contribution in [0.25, 0.3) is 0 Å². The van der Waals surface area contributed by atoms with E-state index in [2.05, 4.69) is 10.2 Å². The summed E-state index contributed by atoms with van der Waals surface area (Å²) in [4.78, 5) is 15.0. The van der Waals surface area contributed by atoms with E-state index < -0.39 is 0 Å². The van der Waals surface area contributed by atoms with Crippen molar-refractivity contribution in [1.82, 2.24) is 10.2 Å². The molecule has 1 aliphatic carbocycles. The van der Waals surface area contributed by atoms with Crippen LogP contribution in [-0.2, 0) is 16.8 Å². The van der Waals surface area contributed by atoms with E-state index in [0.717, 1.165) is 56.9 Å². The van der Waals surface area contributed by atoms with E-state index >= 15 is 0 Å². The van der Waals surface area contributed by atoms with E-state index in [-0.39, 0.29) is 11.4 Å². The molecule has 2 aliphatic rings. The first-order valence-corrected chi connectivity index (χ1v) is 9.48. The van der Waals surface area contributed by atoms with Gasteiger partial charge in [0.2, 0.25) is 0 Å². The summed E-state index contributed by atoms with van der Waals surface area (Å²) in [6.45, 7) is 3.98. The number of nitrogens with zero attached hydrogens (tertiary/aromatic N) is 1. The highest BCUT2D eigenvalue weighted by atomic mass is 35.5. The Labute approximate surface area is 158 Å². The van der Waals surface area contributed by atoms with Gasteiger partial charge in [0, 0.05) is 18.1 Å². The van der Waals surface area contributed by atoms with Gasteiger partial charge in [-0.05, 0) is 43.0 Å². The van der Waals surface area contributed by atoms with Gasteiger partial charge in [0.25, 0.3) is 5.91 Å². The van der Waals surface area contributed by atoms with E-state index in [4.69, 9.17) is 20.8 Å². The first kappa shape index (κ1) is 17.6. The van der Waals surface area contributed by atoms with Gasteiger partial charge in [-0.1, -0.05) is 23.7 Å². The third-order valence-electron chi connectivity index (χ3n) is 5.36. The van der Waals surface area contributed by atoms with Crippen molar-refractivity contribution in [3.63, 3.8) is 0 Å². The van der Waals surface area contributed by atoms with Gasteiger partial charge in [-0.15, -0.1) is 0 Å². The van der Waals surface area contributed by atoms with Crippen LogP contribution >= 0.6 is 11.6 Å². The molecule has 0 atom stereocenters. The van der Waals surface area contributed by atoms with Gasteiger partial charge < -0.3 is 14.5 Å².